The predicted molar refractivity (Wildman–Crippen MR) is 72.4 cm³/mol. The topological polar surface area (TPSA) is 29.9 Å². The van der Waals surface area contributed by atoms with Crippen LogP contribution in [0.5, 0.6) is 0 Å². The summed E-state index contributed by atoms with van der Waals surface area (Å²) in [5.41, 5.74) is 2.48. The van der Waals surface area contributed by atoms with Gasteiger partial charge < -0.3 is 5.32 Å². The van der Waals surface area contributed by atoms with Gasteiger partial charge in [-0.1, -0.05) is 13.0 Å². The van der Waals surface area contributed by atoms with Crippen LogP contribution in [0.15, 0.2) is 16.7 Å². The predicted octanol–water partition coefficient (Wildman–Crippen LogP) is 3.07. The summed E-state index contributed by atoms with van der Waals surface area (Å²) < 4.78 is 3.09. The number of hydrogen-bond donors (Lipinski definition) is 1. The smallest absolute Gasteiger partial charge is 0.0778 e. The monoisotopic (exact) mass is 285 g/mol. The minimum atomic E-state index is 0.902. The summed E-state index contributed by atoms with van der Waals surface area (Å²) in [6, 6.07) is 0. The number of aryl methyl sites for hydroxylation is 1. The van der Waals surface area contributed by atoms with Crippen molar-refractivity contribution >= 4 is 21.5 Å². The van der Waals surface area contributed by atoms with E-state index in [1.54, 1.807) is 0 Å². The van der Waals surface area contributed by atoms with Gasteiger partial charge in [0.15, 0.2) is 0 Å². The van der Waals surface area contributed by atoms with E-state index >= 15 is 0 Å². The molecule has 0 atom stereocenters. The van der Waals surface area contributed by atoms with Gasteiger partial charge in [-0.3, -0.25) is 4.68 Å². The zero-order valence-electron chi connectivity index (χ0n) is 10.3. The van der Waals surface area contributed by atoms with Crippen LogP contribution in [0.1, 0.15) is 32.9 Å². The minimum absolute atomic E-state index is 0.902. The Morgan fingerprint density at radius 1 is 1.56 bits per heavy atom. The lowest BCUT2D eigenvalue weighted by atomic mass is 10.2. The highest BCUT2D eigenvalue weighted by molar-refractivity contribution is 9.10. The number of halogens is 1. The van der Waals surface area contributed by atoms with Gasteiger partial charge in [-0.25, -0.2) is 0 Å². The van der Waals surface area contributed by atoms with Crippen LogP contribution < -0.4 is 5.32 Å². The molecule has 0 unspecified atom stereocenters. The zero-order chi connectivity index (χ0) is 12.0. The van der Waals surface area contributed by atoms with Crippen LogP contribution in [0.25, 0.3) is 5.57 Å². The number of rotatable bonds is 6. The van der Waals surface area contributed by atoms with Crippen molar-refractivity contribution in [3.63, 3.8) is 0 Å². The number of aromatic nitrogens is 2. The van der Waals surface area contributed by atoms with E-state index in [0.29, 0.717) is 0 Å². The Morgan fingerprint density at radius 2 is 2.31 bits per heavy atom. The lowest BCUT2D eigenvalue weighted by Crippen LogP contribution is -2.13. The van der Waals surface area contributed by atoms with Gasteiger partial charge in [0.05, 0.1) is 16.4 Å². The van der Waals surface area contributed by atoms with Gasteiger partial charge in [0.2, 0.25) is 0 Å². The molecule has 0 bridgehead atoms. The summed E-state index contributed by atoms with van der Waals surface area (Å²) in [6.07, 6.45) is 5.18. The molecule has 4 heteroatoms. The van der Waals surface area contributed by atoms with Crippen molar-refractivity contribution in [1.29, 1.82) is 0 Å². The summed E-state index contributed by atoms with van der Waals surface area (Å²) in [5.74, 6) is 0. The van der Waals surface area contributed by atoms with Gasteiger partial charge in [-0.2, -0.15) is 5.10 Å². The molecule has 0 aromatic carbocycles. The number of nitrogens with one attached hydrogen (secondary N) is 1. The van der Waals surface area contributed by atoms with E-state index in [4.69, 9.17) is 0 Å². The molecule has 0 amide bonds. The first kappa shape index (κ1) is 13.5. The highest BCUT2D eigenvalue weighted by atomic mass is 79.9. The molecule has 1 heterocycles. The summed E-state index contributed by atoms with van der Waals surface area (Å²) in [6.45, 7) is 9.34. The maximum atomic E-state index is 4.31. The van der Waals surface area contributed by atoms with Crippen molar-refractivity contribution in [1.82, 2.24) is 15.1 Å². The van der Waals surface area contributed by atoms with Gasteiger partial charge in [0.25, 0.3) is 0 Å². The first-order valence-electron chi connectivity index (χ1n) is 5.79. The Morgan fingerprint density at radius 3 is 2.94 bits per heavy atom. The second-order valence-corrected chi connectivity index (χ2v) is 4.54. The SMILES string of the molecule is CCNCC/C=C(/C)c1c(Br)cnn1CC. The molecule has 1 rings (SSSR count). The van der Waals surface area contributed by atoms with Crippen LogP contribution in [0.2, 0.25) is 0 Å². The van der Waals surface area contributed by atoms with Crippen molar-refractivity contribution in [2.75, 3.05) is 13.1 Å². The van der Waals surface area contributed by atoms with Crippen molar-refractivity contribution in [3.8, 4) is 0 Å². The molecule has 1 N–H and O–H groups in total. The first-order valence-corrected chi connectivity index (χ1v) is 6.59. The van der Waals surface area contributed by atoms with Gasteiger partial charge >= 0.3 is 0 Å². The maximum Gasteiger partial charge on any atom is 0.0778 e. The quantitative estimate of drug-likeness (QED) is 0.814. The average Bonchev–Trinajstić information content (AvgIpc) is 2.65. The second kappa shape index (κ2) is 6.86. The van der Waals surface area contributed by atoms with E-state index in [-0.39, 0.29) is 0 Å². The van der Waals surface area contributed by atoms with Gasteiger partial charge in [-0.05, 0) is 54.9 Å². The number of nitrogens with zero attached hydrogens (tertiary/aromatic N) is 2. The number of hydrogen-bond acceptors (Lipinski definition) is 2. The highest BCUT2D eigenvalue weighted by Gasteiger charge is 2.08. The fraction of sp³-hybridized carbons (Fsp3) is 0.583. The summed E-state index contributed by atoms with van der Waals surface area (Å²) in [4.78, 5) is 0. The Hall–Kier alpha value is -0.610. The van der Waals surface area contributed by atoms with E-state index in [1.165, 1.54) is 11.3 Å². The summed E-state index contributed by atoms with van der Waals surface area (Å²) >= 11 is 3.54. The van der Waals surface area contributed by atoms with Gasteiger partial charge in [0.1, 0.15) is 0 Å². The standard InChI is InChI=1S/C12H20BrN3/c1-4-14-8-6-7-10(3)12-11(13)9-15-16(12)5-2/h7,9,14H,4-6,8H2,1-3H3/b10-7-. The van der Waals surface area contributed by atoms with E-state index in [0.717, 1.165) is 30.5 Å². The molecule has 0 saturated heterocycles. The molecule has 1 aromatic heterocycles. The van der Waals surface area contributed by atoms with Crippen LogP contribution in [-0.2, 0) is 6.54 Å². The third-order valence-corrected chi connectivity index (χ3v) is 3.07. The van der Waals surface area contributed by atoms with E-state index in [9.17, 15) is 0 Å². The molecule has 16 heavy (non-hydrogen) atoms. The van der Waals surface area contributed by atoms with Crippen LogP contribution in [-0.4, -0.2) is 22.9 Å². The minimum Gasteiger partial charge on any atom is -0.317 e. The van der Waals surface area contributed by atoms with Crippen molar-refractivity contribution in [3.05, 3.63) is 22.4 Å². The average molecular weight is 286 g/mol. The molecule has 0 aliphatic heterocycles. The zero-order valence-corrected chi connectivity index (χ0v) is 11.8. The molecule has 0 saturated carbocycles. The fourth-order valence-corrected chi connectivity index (χ4v) is 2.27. The van der Waals surface area contributed by atoms with E-state index < -0.39 is 0 Å². The summed E-state index contributed by atoms with van der Waals surface area (Å²) in [5, 5.41) is 7.63. The molecular formula is C12H20BrN3. The number of allylic oxidation sites excluding steroid dienone is 1. The first-order chi connectivity index (χ1) is 7.70. The van der Waals surface area contributed by atoms with Crippen LogP contribution in [0.4, 0.5) is 0 Å². The fourth-order valence-electron chi connectivity index (χ4n) is 1.66. The lowest BCUT2D eigenvalue weighted by Gasteiger charge is -2.06. The molecule has 90 valence electrons. The lowest BCUT2D eigenvalue weighted by molar-refractivity contribution is 0.650. The van der Waals surface area contributed by atoms with Crippen LogP contribution >= 0.6 is 15.9 Å². The van der Waals surface area contributed by atoms with Gasteiger partial charge in [-0.15, -0.1) is 0 Å². The Labute approximate surface area is 106 Å². The van der Waals surface area contributed by atoms with Crippen LogP contribution in [0.3, 0.4) is 0 Å². The van der Waals surface area contributed by atoms with E-state index in [2.05, 4.69) is 53.2 Å². The second-order valence-electron chi connectivity index (χ2n) is 3.69. The summed E-state index contributed by atoms with van der Waals surface area (Å²) in [7, 11) is 0. The van der Waals surface area contributed by atoms with Crippen molar-refractivity contribution in [2.24, 2.45) is 0 Å². The molecule has 1 aromatic rings. The highest BCUT2D eigenvalue weighted by Crippen LogP contribution is 2.24. The Bertz CT molecular complexity index is 355. The van der Waals surface area contributed by atoms with Crippen molar-refractivity contribution in [2.45, 2.75) is 33.7 Å². The van der Waals surface area contributed by atoms with Crippen molar-refractivity contribution < 1.29 is 0 Å². The third kappa shape index (κ3) is 3.46. The molecular weight excluding hydrogens is 266 g/mol. The van der Waals surface area contributed by atoms with Crippen LogP contribution in [0, 0.1) is 0 Å². The Kier molecular flexibility index (Phi) is 5.77. The molecule has 3 nitrogen and oxygen atoms in total. The molecule has 0 aliphatic carbocycles. The molecule has 0 fully saturated rings. The van der Waals surface area contributed by atoms with E-state index in [1.807, 2.05) is 10.9 Å². The Balaban J connectivity index is 2.70. The van der Waals surface area contributed by atoms with Gasteiger partial charge in [0, 0.05) is 6.54 Å². The maximum absolute atomic E-state index is 4.31. The molecule has 0 spiro atoms. The molecule has 0 aliphatic rings. The molecule has 0 radical (unpaired) electrons. The normalized spacial score (nSPS) is 12.1. The third-order valence-electron chi connectivity index (χ3n) is 2.49. The largest absolute Gasteiger partial charge is 0.317 e.